The van der Waals surface area contributed by atoms with Gasteiger partial charge in [-0.1, -0.05) is 41.4 Å². The quantitative estimate of drug-likeness (QED) is 0.858. The summed E-state index contributed by atoms with van der Waals surface area (Å²) in [7, 11) is 0. The number of halogens is 1. The molecule has 14 heavy (non-hydrogen) atoms. The van der Waals surface area contributed by atoms with Gasteiger partial charge in [0.2, 0.25) is 0 Å². The van der Waals surface area contributed by atoms with Gasteiger partial charge in [-0.3, -0.25) is 0 Å². The first-order chi connectivity index (χ1) is 6.59. The lowest BCUT2D eigenvalue weighted by Gasteiger charge is -2.15. The smallest absolute Gasteiger partial charge is 0.0942 e. The maximum Gasteiger partial charge on any atom is 0.0942 e. The van der Waals surface area contributed by atoms with Crippen LogP contribution >= 0.6 is 15.9 Å². The Morgan fingerprint density at radius 1 is 1.57 bits per heavy atom. The third-order valence-corrected chi connectivity index (χ3v) is 3.88. The third-order valence-electron chi connectivity index (χ3n) is 3.22. The zero-order chi connectivity index (χ0) is 10.3. The molecule has 2 rings (SSSR count). The molecule has 0 radical (unpaired) electrons. The van der Waals surface area contributed by atoms with Crippen LogP contribution in [0.4, 0.5) is 0 Å². The summed E-state index contributed by atoms with van der Waals surface area (Å²) >= 11 is 3.52. The highest BCUT2D eigenvalue weighted by Crippen LogP contribution is 2.56. The van der Waals surface area contributed by atoms with E-state index in [1.807, 2.05) is 12.1 Å². The molecular weight excluding hydrogens is 240 g/mol. The van der Waals surface area contributed by atoms with Crippen LogP contribution in [0.25, 0.3) is 0 Å². The number of aryl methyl sites for hydroxylation is 1. The van der Waals surface area contributed by atoms with Gasteiger partial charge in [-0.2, -0.15) is 0 Å². The molecule has 1 nitrogen and oxygen atoms in total. The van der Waals surface area contributed by atoms with E-state index in [0.717, 1.165) is 22.9 Å². The zero-order valence-electron chi connectivity index (χ0n) is 8.55. The Bertz CT molecular complexity index is 341. The Morgan fingerprint density at radius 2 is 2.29 bits per heavy atom. The normalized spacial score (nSPS) is 30.4. The lowest BCUT2D eigenvalue weighted by atomic mass is 9.99. The van der Waals surface area contributed by atoms with Gasteiger partial charge >= 0.3 is 0 Å². The summed E-state index contributed by atoms with van der Waals surface area (Å²) < 4.78 is 1.04. The van der Waals surface area contributed by atoms with Crippen molar-refractivity contribution in [1.82, 2.24) is 0 Å². The van der Waals surface area contributed by atoms with E-state index in [1.165, 1.54) is 5.56 Å². The van der Waals surface area contributed by atoms with E-state index in [0.29, 0.717) is 5.92 Å². The molecule has 0 heterocycles. The number of hydrogen-bond acceptors (Lipinski definition) is 1. The minimum Gasteiger partial charge on any atom is -0.385 e. The fourth-order valence-corrected chi connectivity index (χ4v) is 3.09. The van der Waals surface area contributed by atoms with Crippen molar-refractivity contribution in [1.29, 1.82) is 0 Å². The Kier molecular flexibility index (Phi) is 2.44. The average molecular weight is 255 g/mol. The largest absolute Gasteiger partial charge is 0.385 e. The number of rotatable bonds is 2. The van der Waals surface area contributed by atoms with Crippen molar-refractivity contribution < 1.29 is 5.11 Å². The summed E-state index contributed by atoms with van der Waals surface area (Å²) in [5, 5.41) is 10.4. The highest BCUT2D eigenvalue weighted by molar-refractivity contribution is 9.10. The van der Waals surface area contributed by atoms with Crippen LogP contribution in [-0.4, -0.2) is 5.11 Å². The first-order valence-electron chi connectivity index (χ1n) is 5.07. The van der Waals surface area contributed by atoms with E-state index >= 15 is 0 Å². The van der Waals surface area contributed by atoms with Crippen LogP contribution in [0.1, 0.15) is 30.9 Å². The minimum absolute atomic E-state index is 0.444. The Labute approximate surface area is 93.3 Å². The zero-order valence-corrected chi connectivity index (χ0v) is 10.1. The molecule has 1 aromatic carbocycles. The molecule has 2 unspecified atom stereocenters. The summed E-state index contributed by atoms with van der Waals surface area (Å²) in [5.74, 6) is 0.444. The molecule has 1 aromatic rings. The monoisotopic (exact) mass is 254 g/mol. The van der Waals surface area contributed by atoms with Gasteiger partial charge < -0.3 is 5.11 Å². The van der Waals surface area contributed by atoms with E-state index in [1.54, 1.807) is 0 Å². The van der Waals surface area contributed by atoms with E-state index < -0.39 is 5.60 Å². The molecule has 0 aliphatic heterocycles. The molecule has 76 valence electrons. The molecular formula is C12H15BrO. The van der Waals surface area contributed by atoms with Crippen LogP contribution in [0, 0.1) is 12.8 Å². The topological polar surface area (TPSA) is 20.2 Å². The summed E-state index contributed by atoms with van der Waals surface area (Å²) in [5.41, 5.74) is 1.71. The minimum atomic E-state index is -0.557. The predicted molar refractivity (Wildman–Crippen MR) is 61.2 cm³/mol. The van der Waals surface area contributed by atoms with E-state index in [-0.39, 0.29) is 0 Å². The number of hydrogen-bond donors (Lipinski definition) is 1. The molecule has 0 amide bonds. The lowest BCUT2D eigenvalue weighted by molar-refractivity contribution is 0.129. The first-order valence-corrected chi connectivity index (χ1v) is 5.87. The van der Waals surface area contributed by atoms with Crippen molar-refractivity contribution >= 4 is 15.9 Å². The first kappa shape index (κ1) is 10.2. The van der Waals surface area contributed by atoms with E-state index in [4.69, 9.17) is 0 Å². The van der Waals surface area contributed by atoms with Crippen LogP contribution in [0.2, 0.25) is 0 Å². The SMILES string of the molecule is CCC1CC1(O)c1c(C)cccc1Br. The van der Waals surface area contributed by atoms with Crippen LogP contribution in [0.5, 0.6) is 0 Å². The second kappa shape index (κ2) is 3.35. The maximum absolute atomic E-state index is 10.4. The van der Waals surface area contributed by atoms with E-state index in [9.17, 15) is 5.11 Å². The highest BCUT2D eigenvalue weighted by Gasteiger charge is 2.54. The van der Waals surface area contributed by atoms with Crippen molar-refractivity contribution in [2.45, 2.75) is 32.3 Å². The van der Waals surface area contributed by atoms with Crippen molar-refractivity contribution in [3.8, 4) is 0 Å². The van der Waals surface area contributed by atoms with Crippen LogP contribution < -0.4 is 0 Å². The van der Waals surface area contributed by atoms with Gasteiger partial charge in [0.1, 0.15) is 0 Å². The van der Waals surface area contributed by atoms with Gasteiger partial charge in [0, 0.05) is 10.0 Å². The fraction of sp³-hybridized carbons (Fsp3) is 0.500. The summed E-state index contributed by atoms with van der Waals surface area (Å²) in [4.78, 5) is 0. The second-order valence-corrected chi connectivity index (χ2v) is 5.02. The summed E-state index contributed by atoms with van der Waals surface area (Å²) in [6.45, 7) is 4.19. The van der Waals surface area contributed by atoms with Gasteiger partial charge in [-0.05, 0) is 30.9 Å². The lowest BCUT2D eigenvalue weighted by Crippen LogP contribution is -2.11. The molecule has 1 aliphatic rings. The molecule has 0 spiro atoms. The Hall–Kier alpha value is -0.340. The van der Waals surface area contributed by atoms with Crippen LogP contribution in [0.15, 0.2) is 22.7 Å². The van der Waals surface area contributed by atoms with Gasteiger partial charge in [0.15, 0.2) is 0 Å². The fourth-order valence-electron chi connectivity index (χ4n) is 2.29. The Balaban J connectivity index is 2.43. The summed E-state index contributed by atoms with van der Waals surface area (Å²) in [6, 6.07) is 6.07. The van der Waals surface area contributed by atoms with Crippen molar-refractivity contribution in [2.24, 2.45) is 5.92 Å². The molecule has 1 fully saturated rings. The van der Waals surface area contributed by atoms with Gasteiger partial charge in [0.25, 0.3) is 0 Å². The van der Waals surface area contributed by atoms with Gasteiger partial charge in [-0.15, -0.1) is 0 Å². The highest BCUT2D eigenvalue weighted by atomic mass is 79.9. The number of aliphatic hydroxyl groups is 1. The Morgan fingerprint density at radius 3 is 2.79 bits per heavy atom. The predicted octanol–water partition coefficient (Wildman–Crippen LogP) is 3.38. The molecule has 1 N–H and O–H groups in total. The van der Waals surface area contributed by atoms with Crippen molar-refractivity contribution in [3.05, 3.63) is 33.8 Å². The third kappa shape index (κ3) is 1.41. The molecule has 0 bridgehead atoms. The summed E-state index contributed by atoms with van der Waals surface area (Å²) in [6.07, 6.45) is 1.96. The van der Waals surface area contributed by atoms with Crippen LogP contribution in [-0.2, 0) is 5.60 Å². The molecule has 2 heteroatoms. The molecule has 1 aliphatic carbocycles. The van der Waals surface area contributed by atoms with Crippen molar-refractivity contribution in [3.63, 3.8) is 0 Å². The molecule has 2 atom stereocenters. The standard InChI is InChI=1S/C12H15BrO/c1-3-9-7-12(9,14)11-8(2)5-4-6-10(11)13/h4-6,9,14H,3,7H2,1-2H3. The van der Waals surface area contributed by atoms with Gasteiger partial charge in [-0.25, -0.2) is 0 Å². The van der Waals surface area contributed by atoms with Crippen molar-refractivity contribution in [2.75, 3.05) is 0 Å². The van der Waals surface area contributed by atoms with E-state index in [2.05, 4.69) is 35.8 Å². The molecule has 0 aromatic heterocycles. The average Bonchev–Trinajstić information content (AvgIpc) is 2.77. The maximum atomic E-state index is 10.4. The van der Waals surface area contributed by atoms with Crippen LogP contribution in [0.3, 0.4) is 0 Å². The molecule has 1 saturated carbocycles. The second-order valence-electron chi connectivity index (χ2n) is 4.17. The van der Waals surface area contributed by atoms with Gasteiger partial charge in [0.05, 0.1) is 5.60 Å². The molecule has 0 saturated heterocycles. The number of benzene rings is 1.